The Balaban J connectivity index is 2.68. The van der Waals surface area contributed by atoms with Crippen LogP contribution >= 0.6 is 15.9 Å². The van der Waals surface area contributed by atoms with E-state index in [0.717, 1.165) is 12.8 Å². The molecule has 0 radical (unpaired) electrons. The van der Waals surface area contributed by atoms with Crippen LogP contribution in [0.4, 0.5) is 4.39 Å². The van der Waals surface area contributed by atoms with Gasteiger partial charge in [-0.05, 0) is 47.3 Å². The third-order valence-corrected chi connectivity index (χ3v) is 3.34. The van der Waals surface area contributed by atoms with Crippen molar-refractivity contribution in [2.75, 3.05) is 0 Å². The Morgan fingerprint density at radius 3 is 2.64 bits per heavy atom. The molecule has 0 unspecified atom stereocenters. The van der Waals surface area contributed by atoms with Gasteiger partial charge in [0.15, 0.2) is 0 Å². The van der Waals surface area contributed by atoms with E-state index in [-0.39, 0.29) is 11.6 Å². The number of hydrogen-bond acceptors (Lipinski definition) is 2. The lowest BCUT2D eigenvalue weighted by atomic mass is 9.98. The molecule has 0 bridgehead atoms. The Morgan fingerprint density at radius 2 is 2.14 bits per heavy atom. The second-order valence-electron chi connectivity index (χ2n) is 3.84. The van der Waals surface area contributed by atoms with Crippen LogP contribution in [0.5, 0.6) is 5.75 Å². The summed E-state index contributed by atoms with van der Waals surface area (Å²) in [6, 6.07) is 1.26. The third-order valence-electron chi connectivity index (χ3n) is 2.74. The van der Waals surface area contributed by atoms with Gasteiger partial charge in [0.2, 0.25) is 0 Å². The van der Waals surface area contributed by atoms with Crippen molar-refractivity contribution >= 4 is 15.9 Å². The van der Waals surface area contributed by atoms with Crippen molar-refractivity contribution in [1.82, 2.24) is 0 Å². The van der Waals surface area contributed by atoms with E-state index in [0.29, 0.717) is 15.6 Å². The van der Waals surface area contributed by atoms with Gasteiger partial charge in [-0.25, -0.2) is 4.39 Å². The van der Waals surface area contributed by atoms with Gasteiger partial charge in [-0.2, -0.15) is 0 Å². The van der Waals surface area contributed by atoms with Gasteiger partial charge in [0.25, 0.3) is 0 Å². The molecule has 76 valence electrons. The predicted molar refractivity (Wildman–Crippen MR) is 55.6 cm³/mol. The molecule has 1 fully saturated rings. The molecule has 1 aliphatic rings. The number of phenols is 1. The van der Waals surface area contributed by atoms with Gasteiger partial charge in [-0.3, -0.25) is 0 Å². The summed E-state index contributed by atoms with van der Waals surface area (Å²) in [5.74, 6) is -0.259. The Bertz CT molecular complexity index is 375. The molecular formula is C10H11BrFNO. The first-order valence-corrected chi connectivity index (χ1v) is 5.22. The van der Waals surface area contributed by atoms with Gasteiger partial charge in [0, 0.05) is 11.1 Å². The molecule has 0 aromatic heterocycles. The number of rotatable bonds is 1. The minimum Gasteiger partial charge on any atom is -0.506 e. The number of halogens is 2. The highest BCUT2D eigenvalue weighted by Crippen LogP contribution is 2.49. The first kappa shape index (κ1) is 9.93. The van der Waals surface area contributed by atoms with Gasteiger partial charge < -0.3 is 10.8 Å². The van der Waals surface area contributed by atoms with Gasteiger partial charge in [-0.1, -0.05) is 0 Å². The average Bonchev–Trinajstić information content (AvgIpc) is 2.81. The number of nitrogens with two attached hydrogens (primary N) is 1. The minimum atomic E-state index is -0.515. The lowest BCUT2D eigenvalue weighted by molar-refractivity contribution is 0.451. The average molecular weight is 260 g/mol. The number of aromatic hydroxyl groups is 1. The molecule has 3 N–H and O–H groups in total. The molecule has 0 aliphatic heterocycles. The van der Waals surface area contributed by atoms with Crippen molar-refractivity contribution in [1.29, 1.82) is 0 Å². The van der Waals surface area contributed by atoms with Crippen LogP contribution in [0, 0.1) is 12.7 Å². The molecule has 1 aromatic rings. The van der Waals surface area contributed by atoms with Gasteiger partial charge in [-0.15, -0.1) is 0 Å². The monoisotopic (exact) mass is 259 g/mol. The lowest BCUT2D eigenvalue weighted by Crippen LogP contribution is -2.21. The summed E-state index contributed by atoms with van der Waals surface area (Å²) in [5.41, 5.74) is 6.44. The summed E-state index contributed by atoms with van der Waals surface area (Å²) in [7, 11) is 0. The molecular weight excluding hydrogens is 249 g/mol. The molecule has 0 spiro atoms. The zero-order valence-corrected chi connectivity index (χ0v) is 9.36. The topological polar surface area (TPSA) is 46.2 Å². The summed E-state index contributed by atoms with van der Waals surface area (Å²) in [6.07, 6.45) is 1.61. The normalized spacial score (nSPS) is 18.3. The zero-order chi connectivity index (χ0) is 10.5. The maximum atomic E-state index is 13.4. The molecule has 1 aliphatic carbocycles. The quantitative estimate of drug-likeness (QED) is 0.815. The summed E-state index contributed by atoms with van der Waals surface area (Å²) >= 11 is 3.11. The smallest absolute Gasteiger partial charge is 0.135 e. The molecule has 0 amide bonds. The van der Waals surface area contributed by atoms with E-state index < -0.39 is 5.54 Å². The molecule has 0 atom stereocenters. The van der Waals surface area contributed by atoms with Crippen molar-refractivity contribution in [2.45, 2.75) is 25.3 Å². The maximum Gasteiger partial charge on any atom is 0.135 e. The molecule has 2 rings (SSSR count). The number of hydrogen-bond donors (Lipinski definition) is 2. The lowest BCUT2D eigenvalue weighted by Gasteiger charge is -2.16. The first-order valence-electron chi connectivity index (χ1n) is 4.42. The van der Waals surface area contributed by atoms with Crippen LogP contribution in [0.3, 0.4) is 0 Å². The number of benzene rings is 1. The molecule has 2 nitrogen and oxygen atoms in total. The second kappa shape index (κ2) is 2.94. The first-order chi connectivity index (χ1) is 6.46. The van der Waals surface area contributed by atoms with Crippen LogP contribution in [-0.4, -0.2) is 5.11 Å². The van der Waals surface area contributed by atoms with E-state index in [1.807, 2.05) is 0 Å². The third kappa shape index (κ3) is 1.33. The maximum absolute atomic E-state index is 13.4. The van der Waals surface area contributed by atoms with E-state index in [1.165, 1.54) is 6.07 Å². The Kier molecular flexibility index (Phi) is 2.08. The van der Waals surface area contributed by atoms with Gasteiger partial charge in [0.1, 0.15) is 11.6 Å². The van der Waals surface area contributed by atoms with Crippen molar-refractivity contribution in [2.24, 2.45) is 5.73 Å². The molecule has 0 heterocycles. The Hall–Kier alpha value is -0.610. The van der Waals surface area contributed by atoms with Crippen molar-refractivity contribution in [3.05, 3.63) is 27.5 Å². The van der Waals surface area contributed by atoms with Crippen molar-refractivity contribution < 1.29 is 9.50 Å². The Morgan fingerprint density at radius 1 is 1.57 bits per heavy atom. The Labute approximate surface area is 90.1 Å². The second-order valence-corrected chi connectivity index (χ2v) is 4.70. The standard InChI is InChI=1S/C10H11BrFNO/c1-5-7(12)4-6(11)9(14)8(5)10(13)2-3-10/h4,14H,2-3,13H2,1H3. The summed E-state index contributed by atoms with van der Waals surface area (Å²) in [6.45, 7) is 1.64. The van der Waals surface area contributed by atoms with E-state index in [1.54, 1.807) is 6.92 Å². The fourth-order valence-electron chi connectivity index (χ4n) is 1.70. The van der Waals surface area contributed by atoms with E-state index in [9.17, 15) is 9.50 Å². The predicted octanol–water partition coefficient (Wildman–Crippen LogP) is 2.55. The van der Waals surface area contributed by atoms with E-state index in [4.69, 9.17) is 5.73 Å². The zero-order valence-electron chi connectivity index (χ0n) is 7.77. The summed E-state index contributed by atoms with van der Waals surface area (Å²) in [5, 5.41) is 9.78. The molecule has 1 saturated carbocycles. The fourth-order valence-corrected chi connectivity index (χ4v) is 2.10. The fraction of sp³-hybridized carbons (Fsp3) is 0.400. The van der Waals surface area contributed by atoms with E-state index >= 15 is 0 Å². The van der Waals surface area contributed by atoms with Crippen LogP contribution in [0.2, 0.25) is 0 Å². The molecule has 0 saturated heterocycles. The van der Waals surface area contributed by atoms with Crippen LogP contribution in [0.1, 0.15) is 24.0 Å². The van der Waals surface area contributed by atoms with E-state index in [2.05, 4.69) is 15.9 Å². The van der Waals surface area contributed by atoms with Gasteiger partial charge >= 0.3 is 0 Å². The minimum absolute atomic E-state index is 0.0731. The largest absolute Gasteiger partial charge is 0.506 e. The molecule has 4 heteroatoms. The summed E-state index contributed by atoms with van der Waals surface area (Å²) < 4.78 is 13.7. The van der Waals surface area contributed by atoms with Crippen LogP contribution in [0.15, 0.2) is 10.5 Å². The summed E-state index contributed by atoms with van der Waals surface area (Å²) in [4.78, 5) is 0. The van der Waals surface area contributed by atoms with Crippen molar-refractivity contribution in [3.8, 4) is 5.75 Å². The van der Waals surface area contributed by atoms with Crippen LogP contribution in [-0.2, 0) is 5.54 Å². The van der Waals surface area contributed by atoms with Gasteiger partial charge in [0.05, 0.1) is 4.47 Å². The van der Waals surface area contributed by atoms with Crippen LogP contribution in [0.25, 0.3) is 0 Å². The van der Waals surface area contributed by atoms with Crippen LogP contribution < -0.4 is 5.73 Å². The highest BCUT2D eigenvalue weighted by Gasteiger charge is 2.44. The SMILES string of the molecule is Cc1c(F)cc(Br)c(O)c1C1(N)CC1. The molecule has 1 aromatic carbocycles. The highest BCUT2D eigenvalue weighted by molar-refractivity contribution is 9.10. The molecule has 14 heavy (non-hydrogen) atoms. The highest BCUT2D eigenvalue weighted by atomic mass is 79.9. The van der Waals surface area contributed by atoms with Crippen molar-refractivity contribution in [3.63, 3.8) is 0 Å². The number of phenolic OH excluding ortho intramolecular Hbond substituents is 1.